The molecule has 0 spiro atoms. The first-order valence-corrected chi connectivity index (χ1v) is 6.57. The van der Waals surface area contributed by atoms with Crippen molar-refractivity contribution in [3.05, 3.63) is 35.4 Å². The van der Waals surface area contributed by atoms with Crippen LogP contribution in [0.1, 0.15) is 24.1 Å². The third kappa shape index (κ3) is 2.82. The molecule has 0 aliphatic carbocycles. The maximum absolute atomic E-state index is 11.2. The minimum absolute atomic E-state index is 0.0660. The fourth-order valence-corrected chi connectivity index (χ4v) is 2.54. The maximum atomic E-state index is 11.2. The molecule has 1 aromatic carbocycles. The van der Waals surface area contributed by atoms with Crippen LogP contribution in [0.2, 0.25) is 0 Å². The van der Waals surface area contributed by atoms with Crippen LogP contribution in [0.3, 0.4) is 0 Å². The molecule has 1 aromatic rings. The Morgan fingerprint density at radius 1 is 1.45 bits per heavy atom. The van der Waals surface area contributed by atoms with Crippen molar-refractivity contribution < 1.29 is 14.6 Å². The van der Waals surface area contributed by atoms with Crippen molar-refractivity contribution in [3.63, 3.8) is 0 Å². The predicted octanol–water partition coefficient (Wildman–Crippen LogP) is 1.65. The zero-order valence-corrected chi connectivity index (χ0v) is 11.6. The number of carboxylic acids is 1. The van der Waals surface area contributed by atoms with Gasteiger partial charge in [-0.05, 0) is 31.7 Å². The number of nitrogens with zero attached hydrogens (tertiary/aromatic N) is 2. The van der Waals surface area contributed by atoms with Crippen molar-refractivity contribution in [2.24, 2.45) is 5.92 Å². The van der Waals surface area contributed by atoms with Crippen LogP contribution in [-0.2, 0) is 9.53 Å². The number of likely N-dealkylation sites (N-methyl/N-ethyl adjacent to an activating group) is 1. The summed E-state index contributed by atoms with van der Waals surface area (Å²) in [6.45, 7) is 2.73. The molecule has 106 valence electrons. The number of carbonyl (C=O) groups is 1. The summed E-state index contributed by atoms with van der Waals surface area (Å²) in [4.78, 5) is 13.3. The minimum atomic E-state index is -0.814. The standard InChI is InChI=1S/C15H18N2O3/c1-10(12-5-3-11(7-16)4-6-12)17(2)14-9-20-8-13(14)15(18)19/h3-6,10,13-14H,8-9H2,1-2H3,(H,18,19). The van der Waals surface area contributed by atoms with Crippen molar-refractivity contribution in [2.75, 3.05) is 20.3 Å². The van der Waals surface area contributed by atoms with Gasteiger partial charge in [-0.3, -0.25) is 9.69 Å². The average Bonchev–Trinajstić information content (AvgIpc) is 2.95. The van der Waals surface area contributed by atoms with Crippen LogP contribution in [0.25, 0.3) is 0 Å². The van der Waals surface area contributed by atoms with Gasteiger partial charge < -0.3 is 9.84 Å². The number of carboxylic acid groups (broad SMARTS) is 1. The molecule has 5 nitrogen and oxygen atoms in total. The summed E-state index contributed by atoms with van der Waals surface area (Å²) >= 11 is 0. The predicted molar refractivity (Wildman–Crippen MR) is 73.1 cm³/mol. The van der Waals surface area contributed by atoms with Crippen molar-refractivity contribution in [3.8, 4) is 6.07 Å². The van der Waals surface area contributed by atoms with Gasteiger partial charge in [0.1, 0.15) is 0 Å². The largest absolute Gasteiger partial charge is 0.481 e. The van der Waals surface area contributed by atoms with Crippen LogP contribution in [0.5, 0.6) is 0 Å². The fourth-order valence-electron chi connectivity index (χ4n) is 2.54. The summed E-state index contributed by atoms with van der Waals surface area (Å²) < 4.78 is 5.31. The fraction of sp³-hybridized carbons (Fsp3) is 0.467. The summed E-state index contributed by atoms with van der Waals surface area (Å²) in [6.07, 6.45) is 0. The molecule has 2 rings (SSSR count). The van der Waals surface area contributed by atoms with E-state index in [0.717, 1.165) is 5.56 Å². The van der Waals surface area contributed by atoms with Crippen LogP contribution in [0, 0.1) is 17.2 Å². The van der Waals surface area contributed by atoms with E-state index in [0.29, 0.717) is 12.2 Å². The van der Waals surface area contributed by atoms with Gasteiger partial charge in [0.2, 0.25) is 0 Å². The van der Waals surface area contributed by atoms with Crippen LogP contribution < -0.4 is 0 Å². The number of hydrogen-bond donors (Lipinski definition) is 1. The highest BCUT2D eigenvalue weighted by molar-refractivity contribution is 5.71. The van der Waals surface area contributed by atoms with Crippen LogP contribution in [-0.4, -0.2) is 42.3 Å². The number of hydrogen-bond acceptors (Lipinski definition) is 4. The molecule has 0 bridgehead atoms. The first kappa shape index (κ1) is 14.5. The Morgan fingerprint density at radius 3 is 2.65 bits per heavy atom. The van der Waals surface area contributed by atoms with Gasteiger partial charge in [-0.15, -0.1) is 0 Å². The number of nitriles is 1. The monoisotopic (exact) mass is 274 g/mol. The number of ether oxygens (including phenoxy) is 1. The third-order valence-corrected chi connectivity index (χ3v) is 4.02. The van der Waals surface area contributed by atoms with E-state index in [1.165, 1.54) is 0 Å². The Balaban J connectivity index is 2.13. The molecule has 3 unspecified atom stereocenters. The van der Waals surface area contributed by atoms with E-state index >= 15 is 0 Å². The minimum Gasteiger partial charge on any atom is -0.481 e. The van der Waals surface area contributed by atoms with E-state index < -0.39 is 11.9 Å². The normalized spacial score (nSPS) is 23.5. The van der Waals surface area contributed by atoms with Crippen LogP contribution in [0.4, 0.5) is 0 Å². The van der Waals surface area contributed by atoms with Crippen molar-refractivity contribution >= 4 is 5.97 Å². The second-order valence-corrected chi connectivity index (χ2v) is 5.12. The topological polar surface area (TPSA) is 73.6 Å². The van der Waals surface area contributed by atoms with Gasteiger partial charge in [-0.1, -0.05) is 12.1 Å². The molecule has 0 amide bonds. The molecule has 1 saturated heterocycles. The third-order valence-electron chi connectivity index (χ3n) is 4.02. The molecule has 3 atom stereocenters. The molecule has 5 heteroatoms. The molecule has 1 fully saturated rings. The molecule has 1 heterocycles. The van der Waals surface area contributed by atoms with Crippen LogP contribution >= 0.6 is 0 Å². The van der Waals surface area contributed by atoms with Crippen molar-refractivity contribution in [1.82, 2.24) is 4.90 Å². The van der Waals surface area contributed by atoms with E-state index in [9.17, 15) is 9.90 Å². The lowest BCUT2D eigenvalue weighted by molar-refractivity contribution is -0.143. The highest BCUT2D eigenvalue weighted by Crippen LogP contribution is 2.27. The number of aliphatic carboxylic acids is 1. The summed E-state index contributed by atoms with van der Waals surface area (Å²) in [5.74, 6) is -1.30. The molecule has 20 heavy (non-hydrogen) atoms. The van der Waals surface area contributed by atoms with E-state index in [1.54, 1.807) is 12.1 Å². The first-order valence-electron chi connectivity index (χ1n) is 6.57. The lowest BCUT2D eigenvalue weighted by Crippen LogP contribution is -2.42. The second-order valence-electron chi connectivity index (χ2n) is 5.12. The summed E-state index contributed by atoms with van der Waals surface area (Å²) in [5, 5.41) is 18.0. The summed E-state index contributed by atoms with van der Waals surface area (Å²) in [6, 6.07) is 9.40. The molecular formula is C15H18N2O3. The Labute approximate surface area is 118 Å². The van der Waals surface area contributed by atoms with Gasteiger partial charge in [0, 0.05) is 12.1 Å². The first-order chi connectivity index (χ1) is 9.54. The Morgan fingerprint density at radius 2 is 2.10 bits per heavy atom. The molecule has 0 aromatic heterocycles. The Bertz CT molecular complexity index is 521. The van der Waals surface area contributed by atoms with Gasteiger partial charge in [-0.25, -0.2) is 0 Å². The van der Waals surface area contributed by atoms with Gasteiger partial charge >= 0.3 is 5.97 Å². The summed E-state index contributed by atoms with van der Waals surface area (Å²) in [5.41, 5.74) is 1.68. The lowest BCUT2D eigenvalue weighted by Gasteiger charge is -2.32. The van der Waals surface area contributed by atoms with Gasteiger partial charge in [0.05, 0.1) is 30.8 Å². The lowest BCUT2D eigenvalue weighted by atomic mass is 9.98. The summed E-state index contributed by atoms with van der Waals surface area (Å²) in [7, 11) is 1.91. The smallest absolute Gasteiger partial charge is 0.310 e. The quantitative estimate of drug-likeness (QED) is 0.903. The van der Waals surface area contributed by atoms with Crippen LogP contribution in [0.15, 0.2) is 24.3 Å². The molecular weight excluding hydrogens is 256 g/mol. The highest BCUT2D eigenvalue weighted by atomic mass is 16.5. The SMILES string of the molecule is CC(c1ccc(C#N)cc1)N(C)C1COCC1C(=O)O. The zero-order chi connectivity index (χ0) is 14.7. The van der Waals surface area contributed by atoms with Gasteiger partial charge in [0.15, 0.2) is 0 Å². The average molecular weight is 274 g/mol. The zero-order valence-electron chi connectivity index (χ0n) is 11.6. The Kier molecular flexibility index (Phi) is 4.38. The van der Waals surface area contributed by atoms with E-state index in [-0.39, 0.29) is 18.7 Å². The number of rotatable bonds is 4. The van der Waals surface area contributed by atoms with Crippen molar-refractivity contribution in [2.45, 2.75) is 19.0 Å². The van der Waals surface area contributed by atoms with Crippen molar-refractivity contribution in [1.29, 1.82) is 5.26 Å². The van der Waals surface area contributed by atoms with Gasteiger partial charge in [0.25, 0.3) is 0 Å². The van der Waals surface area contributed by atoms with E-state index in [1.807, 2.05) is 31.0 Å². The highest BCUT2D eigenvalue weighted by Gasteiger charge is 2.38. The van der Waals surface area contributed by atoms with E-state index in [2.05, 4.69) is 6.07 Å². The second kappa shape index (κ2) is 6.04. The maximum Gasteiger partial charge on any atom is 0.310 e. The van der Waals surface area contributed by atoms with E-state index in [4.69, 9.17) is 10.00 Å². The molecule has 1 aliphatic heterocycles. The van der Waals surface area contributed by atoms with Gasteiger partial charge in [-0.2, -0.15) is 5.26 Å². The molecule has 0 saturated carbocycles. The number of benzene rings is 1. The molecule has 1 N–H and O–H groups in total. The molecule has 1 aliphatic rings. The molecule has 0 radical (unpaired) electrons. The Hall–Kier alpha value is -1.90.